The minimum atomic E-state index is 0.467. The van der Waals surface area contributed by atoms with Gasteiger partial charge in [-0.3, -0.25) is 0 Å². The van der Waals surface area contributed by atoms with Crippen LogP contribution in [-0.4, -0.2) is 19.7 Å². The number of ether oxygens (including phenoxy) is 1. The van der Waals surface area contributed by atoms with Crippen LogP contribution < -0.4 is 10.1 Å². The third-order valence-electron chi connectivity index (χ3n) is 2.17. The molecule has 0 aromatic heterocycles. The summed E-state index contributed by atoms with van der Waals surface area (Å²) in [5.74, 6) is 1.23. The summed E-state index contributed by atoms with van der Waals surface area (Å²) in [5.41, 5.74) is 0. The van der Waals surface area contributed by atoms with Gasteiger partial charge in [-0.15, -0.1) is 0 Å². The number of hydrogen-bond donors (Lipinski definition) is 1. The van der Waals surface area contributed by atoms with E-state index in [2.05, 4.69) is 19.2 Å². The molecular weight excluding hydrogens is 245 g/mol. The molecule has 0 aliphatic heterocycles. The third-order valence-corrected chi connectivity index (χ3v) is 2.91. The van der Waals surface area contributed by atoms with Gasteiger partial charge in [0.2, 0.25) is 0 Å². The van der Waals surface area contributed by atoms with Gasteiger partial charge in [0.25, 0.3) is 0 Å². The van der Waals surface area contributed by atoms with Crippen LogP contribution in [0.15, 0.2) is 18.2 Å². The van der Waals surface area contributed by atoms with Crippen LogP contribution in [-0.2, 0) is 0 Å². The van der Waals surface area contributed by atoms with Crippen molar-refractivity contribution in [3.8, 4) is 5.75 Å². The zero-order valence-electron chi connectivity index (χ0n) is 9.59. The number of rotatable bonds is 6. The van der Waals surface area contributed by atoms with Crippen LogP contribution in [0.25, 0.3) is 0 Å². The lowest BCUT2D eigenvalue weighted by Crippen LogP contribution is -2.24. The van der Waals surface area contributed by atoms with Crippen LogP contribution in [0, 0.1) is 5.92 Å². The van der Waals surface area contributed by atoms with Crippen LogP contribution >= 0.6 is 23.2 Å². The first kappa shape index (κ1) is 13.6. The van der Waals surface area contributed by atoms with Gasteiger partial charge in [-0.05, 0) is 18.7 Å². The highest BCUT2D eigenvalue weighted by Gasteiger charge is 2.04. The predicted molar refractivity (Wildman–Crippen MR) is 69.7 cm³/mol. The lowest BCUT2D eigenvalue weighted by molar-refractivity contribution is 0.256. The zero-order chi connectivity index (χ0) is 12.0. The van der Waals surface area contributed by atoms with E-state index >= 15 is 0 Å². The summed E-state index contributed by atoms with van der Waals surface area (Å²) in [7, 11) is 0. The summed E-state index contributed by atoms with van der Waals surface area (Å²) in [4.78, 5) is 0. The van der Waals surface area contributed by atoms with Crippen molar-refractivity contribution in [2.45, 2.75) is 13.8 Å². The summed E-state index contributed by atoms with van der Waals surface area (Å²) in [6, 6.07) is 5.31. The molecule has 1 unspecified atom stereocenters. The Hall–Kier alpha value is -0.440. The van der Waals surface area contributed by atoms with E-state index in [1.807, 2.05) is 6.07 Å². The quantitative estimate of drug-likeness (QED) is 0.845. The smallest absolute Gasteiger partial charge is 0.120 e. The minimum absolute atomic E-state index is 0.467. The lowest BCUT2D eigenvalue weighted by Gasteiger charge is -2.13. The Kier molecular flexibility index (Phi) is 5.96. The van der Waals surface area contributed by atoms with E-state index in [4.69, 9.17) is 27.9 Å². The van der Waals surface area contributed by atoms with Gasteiger partial charge >= 0.3 is 0 Å². The zero-order valence-corrected chi connectivity index (χ0v) is 11.1. The molecule has 90 valence electrons. The van der Waals surface area contributed by atoms with Gasteiger partial charge in [0.1, 0.15) is 5.75 Å². The van der Waals surface area contributed by atoms with Gasteiger partial charge < -0.3 is 10.1 Å². The van der Waals surface area contributed by atoms with Crippen LogP contribution in [0.3, 0.4) is 0 Å². The van der Waals surface area contributed by atoms with Gasteiger partial charge in [-0.1, -0.05) is 37.0 Å². The number of nitrogens with one attached hydrogen (secondary N) is 1. The summed E-state index contributed by atoms with van der Waals surface area (Å²) < 4.78 is 5.62. The van der Waals surface area contributed by atoms with Crippen molar-refractivity contribution in [3.63, 3.8) is 0 Å². The second-order valence-corrected chi connectivity index (χ2v) is 4.61. The number of benzene rings is 1. The molecule has 1 N–H and O–H groups in total. The maximum atomic E-state index is 5.89. The van der Waals surface area contributed by atoms with Crippen molar-refractivity contribution < 1.29 is 4.74 Å². The van der Waals surface area contributed by atoms with E-state index in [0.717, 1.165) is 18.8 Å². The molecule has 0 saturated heterocycles. The molecule has 0 fully saturated rings. The molecule has 0 heterocycles. The largest absolute Gasteiger partial charge is 0.493 e. The fourth-order valence-electron chi connectivity index (χ4n) is 1.25. The van der Waals surface area contributed by atoms with Crippen molar-refractivity contribution in [2.24, 2.45) is 5.92 Å². The average Bonchev–Trinajstić information content (AvgIpc) is 2.28. The molecule has 0 spiro atoms. The molecule has 0 bridgehead atoms. The molecule has 1 aromatic carbocycles. The topological polar surface area (TPSA) is 21.3 Å². The Balaban J connectivity index is 2.39. The monoisotopic (exact) mass is 261 g/mol. The highest BCUT2D eigenvalue weighted by atomic mass is 35.5. The van der Waals surface area contributed by atoms with Crippen molar-refractivity contribution in [1.82, 2.24) is 5.32 Å². The maximum absolute atomic E-state index is 5.89. The third kappa shape index (κ3) is 4.60. The Bertz CT molecular complexity index is 331. The Labute approximate surface area is 107 Å². The van der Waals surface area contributed by atoms with E-state index in [1.54, 1.807) is 12.1 Å². The lowest BCUT2D eigenvalue weighted by atomic mass is 10.2. The minimum Gasteiger partial charge on any atom is -0.493 e. The SMILES string of the molecule is CCNCC(C)COc1ccc(Cl)c(Cl)c1. The van der Waals surface area contributed by atoms with E-state index in [0.29, 0.717) is 22.6 Å². The van der Waals surface area contributed by atoms with E-state index in [-0.39, 0.29) is 0 Å². The first-order chi connectivity index (χ1) is 7.63. The first-order valence-electron chi connectivity index (χ1n) is 5.42. The molecule has 16 heavy (non-hydrogen) atoms. The molecule has 1 rings (SSSR count). The molecular formula is C12H17Cl2NO. The molecule has 0 saturated carbocycles. The van der Waals surface area contributed by atoms with Gasteiger partial charge in [0, 0.05) is 18.5 Å². The summed E-state index contributed by atoms with van der Waals surface area (Å²) in [5, 5.41) is 4.35. The van der Waals surface area contributed by atoms with Crippen LogP contribution in [0.1, 0.15) is 13.8 Å². The van der Waals surface area contributed by atoms with E-state index in [9.17, 15) is 0 Å². The fourth-order valence-corrected chi connectivity index (χ4v) is 1.54. The van der Waals surface area contributed by atoms with Crippen molar-refractivity contribution in [3.05, 3.63) is 28.2 Å². The maximum Gasteiger partial charge on any atom is 0.120 e. The predicted octanol–water partition coefficient (Wildman–Crippen LogP) is 3.62. The fraction of sp³-hybridized carbons (Fsp3) is 0.500. The van der Waals surface area contributed by atoms with E-state index < -0.39 is 0 Å². The Morgan fingerprint density at radius 2 is 2.06 bits per heavy atom. The highest BCUT2D eigenvalue weighted by Crippen LogP contribution is 2.26. The number of hydrogen-bond acceptors (Lipinski definition) is 2. The van der Waals surface area contributed by atoms with Gasteiger partial charge in [-0.25, -0.2) is 0 Å². The van der Waals surface area contributed by atoms with Crippen LogP contribution in [0.4, 0.5) is 0 Å². The molecule has 0 aliphatic rings. The summed E-state index contributed by atoms with van der Waals surface area (Å²) in [6.07, 6.45) is 0. The molecule has 1 atom stereocenters. The van der Waals surface area contributed by atoms with Crippen LogP contribution in [0.5, 0.6) is 5.75 Å². The molecule has 4 heteroatoms. The van der Waals surface area contributed by atoms with Gasteiger partial charge in [0.05, 0.1) is 16.7 Å². The van der Waals surface area contributed by atoms with Crippen molar-refractivity contribution >= 4 is 23.2 Å². The molecule has 2 nitrogen and oxygen atoms in total. The Morgan fingerprint density at radius 3 is 2.69 bits per heavy atom. The molecule has 0 radical (unpaired) electrons. The average molecular weight is 262 g/mol. The van der Waals surface area contributed by atoms with Gasteiger partial charge in [0.15, 0.2) is 0 Å². The molecule has 0 aliphatic carbocycles. The van der Waals surface area contributed by atoms with Crippen LogP contribution in [0.2, 0.25) is 10.0 Å². The number of halogens is 2. The second kappa shape index (κ2) is 7.00. The molecule has 1 aromatic rings. The standard InChI is InChI=1S/C12H17Cl2NO/c1-3-15-7-9(2)8-16-10-4-5-11(13)12(14)6-10/h4-6,9,15H,3,7-8H2,1-2H3. The Morgan fingerprint density at radius 1 is 1.31 bits per heavy atom. The summed E-state index contributed by atoms with van der Waals surface area (Å²) >= 11 is 11.7. The second-order valence-electron chi connectivity index (χ2n) is 3.80. The summed E-state index contributed by atoms with van der Waals surface area (Å²) in [6.45, 7) is 6.84. The first-order valence-corrected chi connectivity index (χ1v) is 6.17. The van der Waals surface area contributed by atoms with Gasteiger partial charge in [-0.2, -0.15) is 0 Å². The van der Waals surface area contributed by atoms with Crippen molar-refractivity contribution in [2.75, 3.05) is 19.7 Å². The van der Waals surface area contributed by atoms with Crippen molar-refractivity contribution in [1.29, 1.82) is 0 Å². The van der Waals surface area contributed by atoms with E-state index in [1.165, 1.54) is 0 Å². The highest BCUT2D eigenvalue weighted by molar-refractivity contribution is 6.42. The molecule has 0 amide bonds. The normalized spacial score (nSPS) is 12.5.